The van der Waals surface area contributed by atoms with E-state index in [9.17, 15) is 22.0 Å². The number of anilines is 1. The Morgan fingerprint density at radius 2 is 1.63 bits per heavy atom. The topological polar surface area (TPSA) is 84.9 Å². The highest BCUT2D eigenvalue weighted by atomic mass is 32.2. The van der Waals surface area contributed by atoms with Gasteiger partial charge in [0.25, 0.3) is 5.91 Å². The van der Waals surface area contributed by atoms with E-state index in [1.807, 2.05) is 13.8 Å². The van der Waals surface area contributed by atoms with Crippen LogP contribution in [0.3, 0.4) is 0 Å². The van der Waals surface area contributed by atoms with E-state index in [2.05, 4.69) is 10.1 Å². The molecule has 1 saturated heterocycles. The summed E-state index contributed by atoms with van der Waals surface area (Å²) in [6.07, 6.45) is -0.405. The summed E-state index contributed by atoms with van der Waals surface area (Å²) in [7, 11) is -3.70. The van der Waals surface area contributed by atoms with Crippen LogP contribution >= 0.6 is 0 Å². The highest BCUT2D eigenvalue weighted by Crippen LogP contribution is 2.22. The van der Waals surface area contributed by atoms with Gasteiger partial charge < -0.3 is 14.8 Å². The van der Waals surface area contributed by atoms with Crippen molar-refractivity contribution in [2.75, 3.05) is 18.4 Å². The molecule has 2 aromatic rings. The van der Waals surface area contributed by atoms with Gasteiger partial charge in [-0.05, 0) is 62.4 Å². The van der Waals surface area contributed by atoms with Gasteiger partial charge in [-0.15, -0.1) is 0 Å². The van der Waals surface area contributed by atoms with E-state index in [4.69, 9.17) is 4.74 Å². The standard InChI is InChI=1S/C20H22F2N2O5S/c1-13-11-24(12-14(2)28-13)30(26,27)18-9-3-15(4-10-18)19(25)23-16-5-7-17(8-6-16)29-20(21)22/h3-10,13-14,20H,11-12H2,1-2H3,(H,23,25)/t13-,14-/m1/s1. The normalized spacial score (nSPS) is 20.2. The number of hydrogen-bond donors (Lipinski definition) is 1. The second-order valence-corrected chi connectivity index (χ2v) is 8.90. The minimum Gasteiger partial charge on any atom is -0.435 e. The van der Waals surface area contributed by atoms with Gasteiger partial charge in [0.2, 0.25) is 10.0 Å². The highest BCUT2D eigenvalue weighted by molar-refractivity contribution is 7.89. The summed E-state index contributed by atoms with van der Waals surface area (Å²) in [5.74, 6) is -0.487. The van der Waals surface area contributed by atoms with Crippen LogP contribution in [0.2, 0.25) is 0 Å². The van der Waals surface area contributed by atoms with E-state index in [0.29, 0.717) is 5.69 Å². The molecule has 0 aliphatic carbocycles. The Balaban J connectivity index is 1.68. The zero-order valence-electron chi connectivity index (χ0n) is 16.4. The number of carbonyl (C=O) groups is 1. The SMILES string of the molecule is C[C@@H]1CN(S(=O)(=O)c2ccc(C(=O)Nc3ccc(OC(F)F)cc3)cc2)C[C@@H](C)O1. The molecule has 0 saturated carbocycles. The van der Waals surface area contributed by atoms with Crippen molar-refractivity contribution in [1.82, 2.24) is 4.31 Å². The molecule has 3 rings (SSSR count). The van der Waals surface area contributed by atoms with Crippen LogP contribution in [0.4, 0.5) is 14.5 Å². The third-order valence-corrected chi connectivity index (χ3v) is 6.32. The Bertz CT molecular complexity index is 971. The number of rotatable bonds is 6. The number of halogens is 2. The van der Waals surface area contributed by atoms with E-state index in [0.717, 1.165) is 0 Å². The summed E-state index contributed by atoms with van der Waals surface area (Å²) in [5.41, 5.74) is 0.639. The number of carbonyl (C=O) groups excluding carboxylic acids is 1. The first-order chi connectivity index (χ1) is 14.1. The van der Waals surface area contributed by atoms with Crippen LogP contribution in [0.15, 0.2) is 53.4 Å². The molecule has 0 radical (unpaired) electrons. The summed E-state index contributed by atoms with van der Waals surface area (Å²) in [6.45, 7) is 1.24. The number of ether oxygens (including phenoxy) is 2. The van der Waals surface area contributed by atoms with Crippen molar-refractivity contribution >= 4 is 21.6 Å². The van der Waals surface area contributed by atoms with Gasteiger partial charge in [-0.25, -0.2) is 8.42 Å². The van der Waals surface area contributed by atoms with Gasteiger partial charge >= 0.3 is 6.61 Å². The Hall–Kier alpha value is -2.56. The number of sulfonamides is 1. The molecule has 0 unspecified atom stereocenters. The number of amides is 1. The van der Waals surface area contributed by atoms with Crippen LogP contribution in [0.25, 0.3) is 0 Å². The number of nitrogens with one attached hydrogen (secondary N) is 1. The zero-order valence-corrected chi connectivity index (χ0v) is 17.2. The first kappa shape index (κ1) is 22.1. The largest absolute Gasteiger partial charge is 0.435 e. The number of benzene rings is 2. The summed E-state index contributed by atoms with van der Waals surface area (Å²) in [4.78, 5) is 12.5. The first-order valence-electron chi connectivity index (χ1n) is 9.27. The molecule has 2 atom stereocenters. The molecule has 1 amide bonds. The Morgan fingerprint density at radius 3 is 2.17 bits per heavy atom. The Morgan fingerprint density at radius 1 is 1.07 bits per heavy atom. The molecule has 7 nitrogen and oxygen atoms in total. The van der Waals surface area contributed by atoms with Crippen molar-refractivity contribution in [2.24, 2.45) is 0 Å². The molecule has 1 N–H and O–H groups in total. The molecule has 10 heteroatoms. The van der Waals surface area contributed by atoms with Crippen LogP contribution in [-0.4, -0.2) is 50.5 Å². The van der Waals surface area contributed by atoms with E-state index < -0.39 is 22.5 Å². The number of nitrogens with zero attached hydrogens (tertiary/aromatic N) is 1. The molecule has 2 aromatic carbocycles. The van der Waals surface area contributed by atoms with Gasteiger partial charge in [-0.2, -0.15) is 13.1 Å². The first-order valence-corrected chi connectivity index (χ1v) is 10.7. The molecule has 1 heterocycles. The molecule has 1 aliphatic heterocycles. The number of alkyl halides is 2. The van der Waals surface area contributed by atoms with Crippen LogP contribution < -0.4 is 10.1 Å². The summed E-state index contributed by atoms with van der Waals surface area (Å²) >= 11 is 0. The monoisotopic (exact) mass is 440 g/mol. The van der Waals surface area contributed by atoms with Crippen molar-refractivity contribution in [3.05, 3.63) is 54.1 Å². The molecule has 1 aliphatic rings. The molecule has 0 spiro atoms. The van der Waals surface area contributed by atoms with E-state index in [1.165, 1.54) is 52.8 Å². The number of hydrogen-bond acceptors (Lipinski definition) is 5. The fourth-order valence-corrected chi connectivity index (χ4v) is 4.77. The molecule has 30 heavy (non-hydrogen) atoms. The highest BCUT2D eigenvalue weighted by Gasteiger charge is 2.32. The predicted octanol–water partition coefficient (Wildman–Crippen LogP) is 3.34. The molecular weight excluding hydrogens is 418 g/mol. The Kier molecular flexibility index (Phi) is 6.69. The molecule has 0 bridgehead atoms. The summed E-state index contributed by atoms with van der Waals surface area (Å²) < 4.78 is 61.3. The van der Waals surface area contributed by atoms with E-state index in [1.54, 1.807) is 0 Å². The van der Waals surface area contributed by atoms with Crippen molar-refractivity contribution in [3.63, 3.8) is 0 Å². The van der Waals surface area contributed by atoms with Gasteiger partial charge in [0, 0.05) is 24.3 Å². The van der Waals surface area contributed by atoms with Crippen LogP contribution in [-0.2, 0) is 14.8 Å². The van der Waals surface area contributed by atoms with Gasteiger partial charge in [0.15, 0.2) is 0 Å². The van der Waals surface area contributed by atoms with E-state index in [-0.39, 0.29) is 41.5 Å². The smallest absolute Gasteiger partial charge is 0.387 e. The quantitative estimate of drug-likeness (QED) is 0.745. The zero-order chi connectivity index (χ0) is 21.9. The van der Waals surface area contributed by atoms with Crippen LogP contribution in [0, 0.1) is 0 Å². The molecular formula is C20H22F2N2O5S. The fraction of sp³-hybridized carbons (Fsp3) is 0.350. The Labute approximate surface area is 173 Å². The fourth-order valence-electron chi connectivity index (χ4n) is 3.18. The van der Waals surface area contributed by atoms with Crippen molar-refractivity contribution in [1.29, 1.82) is 0 Å². The second-order valence-electron chi connectivity index (χ2n) is 6.96. The summed E-state index contributed by atoms with van der Waals surface area (Å²) in [6, 6.07) is 11.1. The molecule has 1 fully saturated rings. The van der Waals surface area contributed by atoms with Crippen molar-refractivity contribution in [2.45, 2.75) is 37.6 Å². The van der Waals surface area contributed by atoms with Gasteiger partial charge in [0.1, 0.15) is 5.75 Å². The van der Waals surface area contributed by atoms with E-state index >= 15 is 0 Å². The van der Waals surface area contributed by atoms with Crippen molar-refractivity contribution in [3.8, 4) is 5.75 Å². The average Bonchev–Trinajstić information content (AvgIpc) is 2.68. The van der Waals surface area contributed by atoms with Gasteiger partial charge in [-0.3, -0.25) is 4.79 Å². The number of morpholine rings is 1. The third kappa shape index (κ3) is 5.32. The lowest BCUT2D eigenvalue weighted by atomic mass is 10.2. The average molecular weight is 440 g/mol. The lowest BCUT2D eigenvalue weighted by molar-refractivity contribution is -0.0498. The molecule has 162 valence electrons. The van der Waals surface area contributed by atoms with Gasteiger partial charge in [-0.1, -0.05) is 0 Å². The third-order valence-electron chi connectivity index (χ3n) is 4.48. The lowest BCUT2D eigenvalue weighted by Gasteiger charge is -2.34. The maximum absolute atomic E-state index is 12.9. The van der Waals surface area contributed by atoms with Gasteiger partial charge in [0.05, 0.1) is 17.1 Å². The van der Waals surface area contributed by atoms with Crippen LogP contribution in [0.5, 0.6) is 5.75 Å². The minimum absolute atomic E-state index is 0.0238. The maximum atomic E-state index is 12.9. The van der Waals surface area contributed by atoms with Crippen molar-refractivity contribution < 1.29 is 31.5 Å². The summed E-state index contributed by atoms with van der Waals surface area (Å²) in [5, 5.41) is 2.61. The molecule has 0 aromatic heterocycles. The van der Waals surface area contributed by atoms with Crippen LogP contribution in [0.1, 0.15) is 24.2 Å². The lowest BCUT2D eigenvalue weighted by Crippen LogP contribution is -2.48. The second kappa shape index (κ2) is 9.07. The maximum Gasteiger partial charge on any atom is 0.387 e. The minimum atomic E-state index is -3.70. The predicted molar refractivity (Wildman–Crippen MR) is 106 cm³/mol.